The Morgan fingerprint density at radius 3 is 2.06 bits per heavy atom. The average Bonchev–Trinajstić information content (AvgIpc) is 3.07. The third kappa shape index (κ3) is 6.10. The Morgan fingerprint density at radius 2 is 1.55 bits per heavy atom. The van der Waals surface area contributed by atoms with Crippen LogP contribution in [0.1, 0.15) is 44.7 Å². The molecule has 2 aromatic rings. The maximum Gasteiger partial charge on any atom is 0.407 e. The second kappa shape index (κ2) is 10.0. The molecular formula is C25H30N2O6. The minimum Gasteiger partial charge on any atom is -0.480 e. The van der Waals surface area contributed by atoms with Crippen LogP contribution in [0.5, 0.6) is 0 Å². The van der Waals surface area contributed by atoms with Gasteiger partial charge in [0.25, 0.3) is 0 Å². The largest absolute Gasteiger partial charge is 0.480 e. The zero-order valence-corrected chi connectivity index (χ0v) is 19.3. The first-order valence-electron chi connectivity index (χ1n) is 10.9. The van der Waals surface area contributed by atoms with E-state index in [2.05, 4.69) is 10.6 Å². The van der Waals surface area contributed by atoms with E-state index in [1.54, 1.807) is 27.7 Å². The van der Waals surface area contributed by atoms with Crippen molar-refractivity contribution >= 4 is 18.0 Å². The zero-order chi connectivity index (χ0) is 24.2. The lowest BCUT2D eigenvalue weighted by Crippen LogP contribution is -2.52. The highest BCUT2D eigenvalue weighted by molar-refractivity contribution is 5.87. The number of rotatable bonds is 8. The van der Waals surface area contributed by atoms with E-state index in [4.69, 9.17) is 9.47 Å². The van der Waals surface area contributed by atoms with Gasteiger partial charge in [-0.3, -0.25) is 4.79 Å². The van der Waals surface area contributed by atoms with E-state index in [1.165, 1.54) is 0 Å². The molecule has 0 bridgehead atoms. The molecule has 8 heteroatoms. The number of carboxylic acids is 1. The van der Waals surface area contributed by atoms with Gasteiger partial charge in [-0.15, -0.1) is 0 Å². The number of alkyl carbamates (subject to hydrolysis) is 1. The highest BCUT2D eigenvalue weighted by Gasteiger charge is 2.31. The predicted octanol–water partition coefficient (Wildman–Crippen LogP) is 3.30. The van der Waals surface area contributed by atoms with Crippen molar-refractivity contribution in [2.24, 2.45) is 0 Å². The van der Waals surface area contributed by atoms with Crippen LogP contribution in [-0.2, 0) is 19.1 Å². The van der Waals surface area contributed by atoms with Crippen molar-refractivity contribution in [1.29, 1.82) is 0 Å². The first kappa shape index (κ1) is 24.3. The van der Waals surface area contributed by atoms with Crippen molar-refractivity contribution in [3.63, 3.8) is 0 Å². The number of carbonyl (C=O) groups excluding carboxylic acids is 2. The van der Waals surface area contributed by atoms with Gasteiger partial charge in [-0.25, -0.2) is 9.59 Å². The van der Waals surface area contributed by atoms with Crippen LogP contribution in [0.15, 0.2) is 48.5 Å². The lowest BCUT2D eigenvalue weighted by Gasteiger charge is -2.29. The Bertz CT molecular complexity index is 984. The molecule has 0 saturated carbocycles. The van der Waals surface area contributed by atoms with Gasteiger partial charge < -0.3 is 25.2 Å². The molecule has 3 N–H and O–H groups in total. The van der Waals surface area contributed by atoms with Crippen LogP contribution in [0, 0.1) is 0 Å². The molecule has 0 aromatic heterocycles. The minimum absolute atomic E-state index is 0.0937. The van der Waals surface area contributed by atoms with Crippen LogP contribution in [-0.4, -0.2) is 54.0 Å². The molecule has 0 unspecified atom stereocenters. The monoisotopic (exact) mass is 454 g/mol. The van der Waals surface area contributed by atoms with Crippen LogP contribution in [0.25, 0.3) is 11.1 Å². The summed E-state index contributed by atoms with van der Waals surface area (Å²) in [5, 5.41) is 14.2. The third-order valence-corrected chi connectivity index (χ3v) is 5.33. The van der Waals surface area contributed by atoms with Crippen molar-refractivity contribution in [2.75, 3.05) is 13.2 Å². The molecular weight excluding hydrogens is 424 g/mol. The number of hydrogen-bond acceptors (Lipinski definition) is 5. The van der Waals surface area contributed by atoms with E-state index in [9.17, 15) is 19.5 Å². The molecule has 3 rings (SSSR count). The van der Waals surface area contributed by atoms with E-state index in [0.717, 1.165) is 22.3 Å². The molecule has 1 aliphatic rings. The second-order valence-corrected chi connectivity index (χ2v) is 9.00. The third-order valence-electron chi connectivity index (χ3n) is 5.33. The average molecular weight is 455 g/mol. The first-order valence-corrected chi connectivity index (χ1v) is 10.9. The Balaban J connectivity index is 1.52. The van der Waals surface area contributed by atoms with Gasteiger partial charge in [0.2, 0.25) is 5.91 Å². The molecule has 0 heterocycles. The lowest BCUT2D eigenvalue weighted by atomic mass is 9.98. The number of benzene rings is 2. The fourth-order valence-electron chi connectivity index (χ4n) is 4.03. The molecule has 0 fully saturated rings. The first-order chi connectivity index (χ1) is 15.6. The van der Waals surface area contributed by atoms with Gasteiger partial charge in [0.1, 0.15) is 13.2 Å². The van der Waals surface area contributed by atoms with Gasteiger partial charge in [0.05, 0.1) is 11.7 Å². The highest BCUT2D eigenvalue weighted by Crippen LogP contribution is 2.44. The highest BCUT2D eigenvalue weighted by atomic mass is 16.5. The van der Waals surface area contributed by atoms with Gasteiger partial charge in [-0.2, -0.15) is 0 Å². The summed E-state index contributed by atoms with van der Waals surface area (Å²) in [7, 11) is 0. The number of carbonyl (C=O) groups is 3. The molecule has 0 spiro atoms. The van der Waals surface area contributed by atoms with Crippen molar-refractivity contribution < 1.29 is 29.0 Å². The molecule has 2 amide bonds. The number of amides is 2. The number of hydrogen-bond donors (Lipinski definition) is 3. The standard InChI is InChI=1S/C25H30N2O6/c1-15(33-25(2,3)4)22(23(29)30)27-21(28)13-26-24(31)32-14-20-18-11-7-5-9-16(18)17-10-6-8-12-19(17)20/h5-12,15,20,22H,13-14H2,1-4H3,(H,26,31)(H,27,28)(H,29,30)/t15-,22+/m0/s1. The van der Waals surface area contributed by atoms with E-state index in [1.807, 2.05) is 48.5 Å². The lowest BCUT2D eigenvalue weighted by molar-refractivity contribution is -0.150. The summed E-state index contributed by atoms with van der Waals surface area (Å²) in [5.74, 6) is -1.97. The Hall–Kier alpha value is -3.39. The molecule has 2 aromatic carbocycles. The number of nitrogens with one attached hydrogen (secondary N) is 2. The molecule has 176 valence electrons. The van der Waals surface area contributed by atoms with E-state index in [-0.39, 0.29) is 12.5 Å². The van der Waals surface area contributed by atoms with Crippen LogP contribution in [0.3, 0.4) is 0 Å². The van der Waals surface area contributed by atoms with Crippen molar-refractivity contribution in [1.82, 2.24) is 10.6 Å². The van der Waals surface area contributed by atoms with Gasteiger partial charge in [0, 0.05) is 5.92 Å². The van der Waals surface area contributed by atoms with Crippen LogP contribution >= 0.6 is 0 Å². The van der Waals surface area contributed by atoms with Crippen LogP contribution < -0.4 is 10.6 Å². The predicted molar refractivity (Wildman–Crippen MR) is 123 cm³/mol. The summed E-state index contributed by atoms with van der Waals surface area (Å²) in [5.41, 5.74) is 3.83. The van der Waals surface area contributed by atoms with Crippen LogP contribution in [0.2, 0.25) is 0 Å². The quantitative estimate of drug-likeness (QED) is 0.564. The summed E-state index contributed by atoms with van der Waals surface area (Å²) in [6.07, 6.45) is -1.52. The molecule has 0 radical (unpaired) electrons. The molecule has 1 aliphatic carbocycles. The number of fused-ring (bicyclic) bond motifs is 3. The minimum atomic E-state index is -1.25. The van der Waals surface area contributed by atoms with E-state index >= 15 is 0 Å². The molecule has 33 heavy (non-hydrogen) atoms. The smallest absolute Gasteiger partial charge is 0.407 e. The summed E-state index contributed by atoms with van der Waals surface area (Å²) in [4.78, 5) is 36.0. The Kier molecular flexibility index (Phi) is 7.38. The maximum absolute atomic E-state index is 12.2. The topological polar surface area (TPSA) is 114 Å². The number of aliphatic carboxylic acids is 1. The molecule has 2 atom stereocenters. The fraction of sp³-hybridized carbons (Fsp3) is 0.400. The summed E-state index contributed by atoms with van der Waals surface area (Å²) < 4.78 is 11.0. The SMILES string of the molecule is C[C@H](OC(C)(C)C)[C@@H](NC(=O)CNC(=O)OCC1c2ccccc2-c2ccccc21)C(=O)O. The van der Waals surface area contributed by atoms with Gasteiger partial charge in [0.15, 0.2) is 6.04 Å². The van der Waals surface area contributed by atoms with E-state index in [0.29, 0.717) is 0 Å². The molecule has 0 aliphatic heterocycles. The molecule has 0 saturated heterocycles. The van der Waals surface area contributed by atoms with Gasteiger partial charge in [-0.1, -0.05) is 48.5 Å². The van der Waals surface area contributed by atoms with Gasteiger partial charge in [-0.05, 0) is 49.9 Å². The Labute approximate surface area is 193 Å². The van der Waals surface area contributed by atoms with Crippen molar-refractivity contribution in [3.8, 4) is 11.1 Å². The summed E-state index contributed by atoms with van der Waals surface area (Å²) in [6, 6.07) is 14.7. The summed E-state index contributed by atoms with van der Waals surface area (Å²) >= 11 is 0. The fourth-order valence-corrected chi connectivity index (χ4v) is 4.03. The number of carboxylic acid groups (broad SMARTS) is 1. The summed E-state index contributed by atoms with van der Waals surface area (Å²) in [6.45, 7) is 6.66. The second-order valence-electron chi connectivity index (χ2n) is 9.00. The van der Waals surface area contributed by atoms with E-state index < -0.39 is 42.3 Å². The zero-order valence-electron chi connectivity index (χ0n) is 19.3. The normalized spacial score (nSPS) is 14.5. The molecule has 8 nitrogen and oxygen atoms in total. The van der Waals surface area contributed by atoms with Gasteiger partial charge >= 0.3 is 12.1 Å². The number of ether oxygens (including phenoxy) is 2. The Morgan fingerprint density at radius 1 is 1.00 bits per heavy atom. The van der Waals surface area contributed by atoms with Crippen molar-refractivity contribution in [2.45, 2.75) is 51.4 Å². The van der Waals surface area contributed by atoms with Crippen molar-refractivity contribution in [3.05, 3.63) is 59.7 Å². The van der Waals surface area contributed by atoms with Crippen LogP contribution in [0.4, 0.5) is 4.79 Å². The maximum atomic E-state index is 12.2.